The van der Waals surface area contributed by atoms with Crippen molar-refractivity contribution in [3.05, 3.63) is 52.8 Å². The predicted octanol–water partition coefficient (Wildman–Crippen LogP) is 1.68. The van der Waals surface area contributed by atoms with Crippen LogP contribution in [0, 0.1) is 0 Å². The molecule has 0 unspecified atom stereocenters. The van der Waals surface area contributed by atoms with E-state index in [9.17, 15) is 13.2 Å². The smallest absolute Gasteiger partial charge is 0.252 e. The highest BCUT2D eigenvalue weighted by molar-refractivity contribution is 7.89. The van der Waals surface area contributed by atoms with Crippen molar-refractivity contribution in [2.75, 3.05) is 20.8 Å². The van der Waals surface area contributed by atoms with Crippen LogP contribution in [-0.2, 0) is 32.5 Å². The van der Waals surface area contributed by atoms with Crippen molar-refractivity contribution in [2.24, 2.45) is 10.1 Å². The monoisotopic (exact) mass is 435 g/mol. The van der Waals surface area contributed by atoms with E-state index in [2.05, 4.69) is 4.99 Å². The summed E-state index contributed by atoms with van der Waals surface area (Å²) in [6.07, 6.45) is 0.123. The summed E-state index contributed by atoms with van der Waals surface area (Å²) in [6, 6.07) is 11.8. The van der Waals surface area contributed by atoms with E-state index in [0.29, 0.717) is 28.4 Å². The highest BCUT2D eigenvalue weighted by Gasteiger charge is 2.13. The van der Waals surface area contributed by atoms with E-state index in [-0.39, 0.29) is 17.2 Å². The van der Waals surface area contributed by atoms with E-state index < -0.39 is 10.0 Å². The molecule has 2 aromatic carbocycles. The van der Waals surface area contributed by atoms with E-state index in [0.717, 1.165) is 11.1 Å². The first-order valence-corrected chi connectivity index (χ1v) is 11.0. The zero-order valence-electron chi connectivity index (χ0n) is 16.0. The molecule has 0 fully saturated rings. The number of carbonyl (C=O) groups excluding carboxylic acids is 1. The number of primary sulfonamides is 1. The van der Waals surface area contributed by atoms with Crippen molar-refractivity contribution in [1.82, 2.24) is 4.57 Å². The Balaban J connectivity index is 2.02. The minimum atomic E-state index is -3.82. The zero-order chi connectivity index (χ0) is 21.0. The van der Waals surface area contributed by atoms with Crippen LogP contribution in [0.2, 0.25) is 0 Å². The maximum absolute atomic E-state index is 12.5. The van der Waals surface area contributed by atoms with Crippen LogP contribution in [0.3, 0.4) is 0 Å². The van der Waals surface area contributed by atoms with Crippen LogP contribution < -0.4 is 14.7 Å². The molecule has 3 aromatic rings. The third kappa shape index (κ3) is 5.10. The molecule has 0 saturated heterocycles. The molecule has 3 rings (SSSR count). The molecule has 2 N–H and O–H groups in total. The van der Waals surface area contributed by atoms with Crippen molar-refractivity contribution in [3.8, 4) is 5.75 Å². The Hall–Kier alpha value is -2.53. The summed E-state index contributed by atoms with van der Waals surface area (Å²) in [5, 5.41) is 5.23. The normalized spacial score (nSPS) is 12.4. The van der Waals surface area contributed by atoms with Gasteiger partial charge in [-0.15, -0.1) is 0 Å². The number of hydrogen-bond donors (Lipinski definition) is 1. The molecule has 0 aliphatic heterocycles. The first-order valence-electron chi connectivity index (χ1n) is 8.67. The van der Waals surface area contributed by atoms with E-state index in [1.54, 1.807) is 32.4 Å². The summed E-state index contributed by atoms with van der Waals surface area (Å²) in [4.78, 5) is 17.3. The number of nitrogens with two attached hydrogens (primary N) is 1. The Morgan fingerprint density at radius 3 is 2.69 bits per heavy atom. The quantitative estimate of drug-likeness (QED) is 0.607. The lowest BCUT2D eigenvalue weighted by molar-refractivity contribution is -0.117. The highest BCUT2D eigenvalue weighted by atomic mass is 32.2. The molecule has 0 spiro atoms. The Morgan fingerprint density at radius 2 is 2.00 bits per heavy atom. The fourth-order valence-corrected chi connectivity index (χ4v) is 4.54. The Labute approximate surface area is 172 Å². The van der Waals surface area contributed by atoms with Gasteiger partial charge in [0.25, 0.3) is 5.91 Å². The van der Waals surface area contributed by atoms with Gasteiger partial charge in [-0.1, -0.05) is 23.5 Å². The van der Waals surface area contributed by atoms with Gasteiger partial charge in [0.15, 0.2) is 4.80 Å². The highest BCUT2D eigenvalue weighted by Crippen LogP contribution is 2.21. The Kier molecular flexibility index (Phi) is 6.48. The van der Waals surface area contributed by atoms with Crippen LogP contribution in [0.25, 0.3) is 10.2 Å². The lowest BCUT2D eigenvalue weighted by Crippen LogP contribution is -2.19. The molecule has 0 radical (unpaired) electrons. The lowest BCUT2D eigenvalue weighted by Gasteiger charge is -2.05. The molecule has 8 nitrogen and oxygen atoms in total. The van der Waals surface area contributed by atoms with Crippen molar-refractivity contribution in [1.29, 1.82) is 0 Å². The van der Waals surface area contributed by atoms with Gasteiger partial charge in [-0.25, -0.2) is 13.6 Å². The maximum Gasteiger partial charge on any atom is 0.252 e. The largest absolute Gasteiger partial charge is 0.497 e. The fourth-order valence-electron chi connectivity index (χ4n) is 2.82. The average molecular weight is 436 g/mol. The molecular weight excluding hydrogens is 414 g/mol. The lowest BCUT2D eigenvalue weighted by atomic mass is 10.1. The average Bonchev–Trinajstić information content (AvgIpc) is 3.01. The van der Waals surface area contributed by atoms with Gasteiger partial charge >= 0.3 is 0 Å². The SMILES string of the molecule is COCCn1c(=NC(=O)Cc2cccc(OC)c2)sc2cc(S(N)(=O)=O)ccc21. The molecule has 1 aromatic heterocycles. The van der Waals surface area contributed by atoms with Crippen LogP contribution >= 0.6 is 11.3 Å². The van der Waals surface area contributed by atoms with Crippen molar-refractivity contribution < 1.29 is 22.7 Å². The predicted molar refractivity (Wildman–Crippen MR) is 110 cm³/mol. The fraction of sp³-hybridized carbons (Fsp3) is 0.263. The Bertz CT molecular complexity index is 1210. The number of amides is 1. The summed E-state index contributed by atoms with van der Waals surface area (Å²) in [7, 11) is -0.673. The number of nitrogens with zero attached hydrogens (tertiary/aromatic N) is 2. The van der Waals surface area contributed by atoms with Crippen molar-refractivity contribution >= 4 is 37.5 Å². The summed E-state index contributed by atoms with van der Waals surface area (Å²) in [5.41, 5.74) is 1.55. The molecule has 154 valence electrons. The molecular formula is C19H21N3O5S2. The number of ether oxygens (including phenoxy) is 2. The van der Waals surface area contributed by atoms with Gasteiger partial charge in [0.05, 0.1) is 35.2 Å². The van der Waals surface area contributed by atoms with Gasteiger partial charge in [0, 0.05) is 13.7 Å². The van der Waals surface area contributed by atoms with E-state index in [1.807, 2.05) is 16.7 Å². The standard InChI is InChI=1S/C19H21N3O5S2/c1-26-9-8-22-16-7-6-15(29(20,24)25)12-17(16)28-19(22)21-18(23)11-13-4-3-5-14(10-13)27-2/h3-7,10,12H,8-9,11H2,1-2H3,(H2,20,24,25). The first-order chi connectivity index (χ1) is 13.8. The Morgan fingerprint density at radius 1 is 1.21 bits per heavy atom. The van der Waals surface area contributed by atoms with Gasteiger partial charge in [-0.2, -0.15) is 4.99 Å². The van der Waals surface area contributed by atoms with Gasteiger partial charge in [0.2, 0.25) is 10.0 Å². The second-order valence-corrected chi connectivity index (χ2v) is 8.81. The number of fused-ring (bicyclic) bond motifs is 1. The number of aromatic nitrogens is 1. The first kappa shape index (κ1) is 21.2. The number of sulfonamides is 1. The number of hydrogen-bond acceptors (Lipinski definition) is 6. The third-order valence-electron chi connectivity index (χ3n) is 4.21. The van der Waals surface area contributed by atoms with Gasteiger partial charge in [-0.3, -0.25) is 4.79 Å². The molecule has 0 bridgehead atoms. The number of rotatable bonds is 7. The minimum Gasteiger partial charge on any atom is -0.497 e. The van der Waals surface area contributed by atoms with E-state index >= 15 is 0 Å². The molecule has 1 heterocycles. The molecule has 10 heteroatoms. The number of benzene rings is 2. The molecule has 1 amide bonds. The van der Waals surface area contributed by atoms with Crippen LogP contribution in [-0.4, -0.2) is 39.7 Å². The van der Waals surface area contributed by atoms with E-state index in [4.69, 9.17) is 14.6 Å². The summed E-state index contributed by atoms with van der Waals surface area (Å²) in [5.74, 6) is 0.352. The van der Waals surface area contributed by atoms with Crippen LogP contribution in [0.1, 0.15) is 5.56 Å². The third-order valence-corrected chi connectivity index (χ3v) is 6.16. The van der Waals surface area contributed by atoms with Crippen molar-refractivity contribution in [2.45, 2.75) is 17.9 Å². The number of carbonyl (C=O) groups is 1. The van der Waals surface area contributed by atoms with Gasteiger partial charge in [-0.05, 0) is 35.9 Å². The van der Waals surface area contributed by atoms with Crippen molar-refractivity contribution in [3.63, 3.8) is 0 Å². The molecule has 0 aliphatic carbocycles. The molecule has 0 aliphatic rings. The minimum absolute atomic E-state index is 0.0133. The van der Waals surface area contributed by atoms with Crippen LogP contribution in [0.5, 0.6) is 5.75 Å². The van der Waals surface area contributed by atoms with Gasteiger partial charge < -0.3 is 14.0 Å². The molecule has 29 heavy (non-hydrogen) atoms. The van der Waals surface area contributed by atoms with Crippen LogP contribution in [0.4, 0.5) is 0 Å². The molecule has 0 saturated carbocycles. The van der Waals surface area contributed by atoms with E-state index in [1.165, 1.54) is 23.5 Å². The summed E-state index contributed by atoms with van der Waals surface area (Å²) in [6.45, 7) is 0.885. The van der Waals surface area contributed by atoms with Gasteiger partial charge in [0.1, 0.15) is 5.75 Å². The zero-order valence-corrected chi connectivity index (χ0v) is 17.6. The maximum atomic E-state index is 12.5. The summed E-state index contributed by atoms with van der Waals surface area (Å²) >= 11 is 1.23. The number of thiazole rings is 1. The van der Waals surface area contributed by atoms with Crippen LogP contribution in [0.15, 0.2) is 52.4 Å². The second kappa shape index (κ2) is 8.87. The second-order valence-electron chi connectivity index (χ2n) is 6.24. The topological polar surface area (TPSA) is 113 Å². The molecule has 0 atom stereocenters. The number of methoxy groups -OCH3 is 2. The summed E-state index contributed by atoms with van der Waals surface area (Å²) < 4.78 is 36.1.